The number of aliphatic hydroxyl groups excluding tert-OH is 3. The van der Waals surface area contributed by atoms with Gasteiger partial charge in [-0.15, -0.1) is 0 Å². The van der Waals surface area contributed by atoms with E-state index in [9.17, 15) is 15.0 Å². The minimum absolute atomic E-state index is 0.428. The van der Waals surface area contributed by atoms with Gasteiger partial charge >= 0.3 is 5.69 Å². The van der Waals surface area contributed by atoms with E-state index < -0.39 is 36.8 Å². The fraction of sp³-hybridized carbons (Fsp3) is 0.692. The zero-order chi connectivity index (χ0) is 15.0. The van der Waals surface area contributed by atoms with Crippen molar-refractivity contribution in [3.8, 4) is 0 Å². The van der Waals surface area contributed by atoms with E-state index in [1.165, 1.54) is 6.20 Å². The van der Waals surface area contributed by atoms with Gasteiger partial charge in [-0.2, -0.15) is 4.98 Å². The van der Waals surface area contributed by atoms with E-state index in [1.807, 2.05) is 4.90 Å². The molecule has 1 aromatic heterocycles. The highest BCUT2D eigenvalue weighted by molar-refractivity contribution is 5.37. The van der Waals surface area contributed by atoms with Crippen LogP contribution in [0.3, 0.4) is 0 Å². The van der Waals surface area contributed by atoms with Gasteiger partial charge in [0.1, 0.15) is 24.1 Å². The van der Waals surface area contributed by atoms with Gasteiger partial charge in [-0.25, -0.2) is 4.79 Å². The first kappa shape index (κ1) is 14.5. The lowest BCUT2D eigenvalue weighted by molar-refractivity contribution is -0.0549. The highest BCUT2D eigenvalue weighted by Crippen LogP contribution is 2.28. The summed E-state index contributed by atoms with van der Waals surface area (Å²) in [5.41, 5.74) is -0.547. The van der Waals surface area contributed by atoms with Crippen LogP contribution in [0.1, 0.15) is 19.1 Å². The van der Waals surface area contributed by atoms with E-state index in [2.05, 4.69) is 4.98 Å². The van der Waals surface area contributed by atoms with E-state index in [4.69, 9.17) is 9.84 Å². The molecule has 0 bridgehead atoms. The number of aliphatic hydroxyl groups is 3. The van der Waals surface area contributed by atoms with Crippen molar-refractivity contribution in [1.82, 2.24) is 9.55 Å². The predicted molar refractivity (Wildman–Crippen MR) is 73.0 cm³/mol. The fourth-order valence-corrected chi connectivity index (χ4v) is 2.83. The molecule has 0 spiro atoms. The summed E-state index contributed by atoms with van der Waals surface area (Å²) in [6.07, 6.45) is -0.785. The molecule has 2 fully saturated rings. The molecule has 1 aromatic rings. The molecule has 2 saturated heterocycles. The average Bonchev–Trinajstić information content (AvgIpc) is 3.10. The maximum Gasteiger partial charge on any atom is 0.351 e. The molecule has 0 unspecified atom stereocenters. The number of hydrogen-bond donors (Lipinski definition) is 3. The van der Waals surface area contributed by atoms with Gasteiger partial charge in [0.2, 0.25) is 0 Å². The summed E-state index contributed by atoms with van der Waals surface area (Å²) in [5.74, 6) is 0.612. The highest BCUT2D eigenvalue weighted by Gasteiger charge is 2.43. The first-order chi connectivity index (χ1) is 10.1. The summed E-state index contributed by atoms with van der Waals surface area (Å²) < 4.78 is 6.47. The van der Waals surface area contributed by atoms with Crippen molar-refractivity contribution < 1.29 is 20.1 Å². The Kier molecular flexibility index (Phi) is 3.94. The van der Waals surface area contributed by atoms with Crippen LogP contribution in [0.2, 0.25) is 0 Å². The zero-order valence-electron chi connectivity index (χ0n) is 11.5. The molecule has 8 nitrogen and oxygen atoms in total. The van der Waals surface area contributed by atoms with E-state index in [1.54, 1.807) is 6.07 Å². The topological polar surface area (TPSA) is 108 Å². The third kappa shape index (κ3) is 2.55. The SMILES string of the molecule is O=c1nc(N2CCCC2)ccn1[C@@H]1O[C@H](CO)[C@H](O)[C@H]1O. The summed E-state index contributed by atoms with van der Waals surface area (Å²) >= 11 is 0. The third-order valence-corrected chi connectivity index (χ3v) is 4.04. The highest BCUT2D eigenvalue weighted by atomic mass is 16.6. The van der Waals surface area contributed by atoms with Gasteiger partial charge in [0.05, 0.1) is 6.61 Å². The summed E-state index contributed by atoms with van der Waals surface area (Å²) in [7, 11) is 0. The smallest absolute Gasteiger partial charge is 0.351 e. The molecule has 21 heavy (non-hydrogen) atoms. The minimum Gasteiger partial charge on any atom is -0.394 e. The monoisotopic (exact) mass is 297 g/mol. The Balaban J connectivity index is 1.84. The summed E-state index contributed by atoms with van der Waals surface area (Å²) in [6, 6.07) is 1.70. The second kappa shape index (κ2) is 5.72. The zero-order valence-corrected chi connectivity index (χ0v) is 11.5. The van der Waals surface area contributed by atoms with Gasteiger partial charge < -0.3 is 25.0 Å². The van der Waals surface area contributed by atoms with Crippen molar-refractivity contribution in [2.45, 2.75) is 37.4 Å². The molecule has 0 saturated carbocycles. The van der Waals surface area contributed by atoms with Crippen LogP contribution >= 0.6 is 0 Å². The lowest BCUT2D eigenvalue weighted by Gasteiger charge is -2.20. The molecule has 4 atom stereocenters. The van der Waals surface area contributed by atoms with Crippen molar-refractivity contribution in [3.05, 3.63) is 22.7 Å². The number of nitrogens with zero attached hydrogens (tertiary/aromatic N) is 3. The lowest BCUT2D eigenvalue weighted by Crippen LogP contribution is -2.36. The van der Waals surface area contributed by atoms with Gasteiger partial charge in [0, 0.05) is 19.3 Å². The normalized spacial score (nSPS) is 32.8. The largest absolute Gasteiger partial charge is 0.394 e. The number of anilines is 1. The molecule has 116 valence electrons. The number of rotatable bonds is 3. The lowest BCUT2D eigenvalue weighted by atomic mass is 10.1. The quantitative estimate of drug-likeness (QED) is 0.620. The first-order valence-corrected chi connectivity index (χ1v) is 7.08. The molecule has 3 rings (SSSR count). The Morgan fingerprint density at radius 1 is 1.29 bits per heavy atom. The fourth-order valence-electron chi connectivity index (χ4n) is 2.83. The van der Waals surface area contributed by atoms with Crippen LogP contribution in [0, 0.1) is 0 Å². The van der Waals surface area contributed by atoms with E-state index in [-0.39, 0.29) is 0 Å². The van der Waals surface area contributed by atoms with Crippen molar-refractivity contribution in [3.63, 3.8) is 0 Å². The van der Waals surface area contributed by atoms with Crippen LogP contribution in [-0.4, -0.2) is 62.9 Å². The molecule has 2 aliphatic heterocycles. The Morgan fingerprint density at radius 2 is 2.00 bits per heavy atom. The third-order valence-electron chi connectivity index (χ3n) is 4.04. The van der Waals surface area contributed by atoms with Crippen LogP contribution in [0.25, 0.3) is 0 Å². The summed E-state index contributed by atoms with van der Waals surface area (Å²) in [6.45, 7) is 1.33. The number of hydrogen-bond acceptors (Lipinski definition) is 7. The molecule has 3 heterocycles. The summed E-state index contributed by atoms with van der Waals surface area (Å²) in [5, 5.41) is 28.7. The van der Waals surface area contributed by atoms with Gasteiger partial charge in [-0.3, -0.25) is 4.57 Å². The van der Waals surface area contributed by atoms with Gasteiger partial charge in [-0.05, 0) is 18.9 Å². The minimum atomic E-state index is -1.28. The van der Waals surface area contributed by atoms with Crippen LogP contribution in [0.4, 0.5) is 5.82 Å². The summed E-state index contributed by atoms with van der Waals surface area (Å²) in [4.78, 5) is 18.2. The molecule has 0 radical (unpaired) electrons. The first-order valence-electron chi connectivity index (χ1n) is 7.08. The molecule has 2 aliphatic rings. The maximum atomic E-state index is 12.1. The van der Waals surface area contributed by atoms with Gasteiger partial charge in [0.25, 0.3) is 0 Å². The Hall–Kier alpha value is -1.48. The van der Waals surface area contributed by atoms with E-state index in [0.717, 1.165) is 30.5 Å². The van der Waals surface area contributed by atoms with E-state index in [0.29, 0.717) is 5.82 Å². The molecule has 8 heteroatoms. The van der Waals surface area contributed by atoms with E-state index >= 15 is 0 Å². The van der Waals surface area contributed by atoms with Crippen LogP contribution in [0.15, 0.2) is 17.1 Å². The second-order valence-electron chi connectivity index (χ2n) is 5.40. The van der Waals surface area contributed by atoms with Crippen LogP contribution < -0.4 is 10.6 Å². The standard InChI is InChI=1S/C13H19N3O5/c17-7-8-10(18)11(19)12(21-8)16-6-3-9(14-13(16)20)15-4-1-2-5-15/h3,6,8,10-12,17-19H,1-2,4-5,7H2/t8-,10+,11-,12-/m1/s1. The van der Waals surface area contributed by atoms with Crippen LogP contribution in [-0.2, 0) is 4.74 Å². The molecular formula is C13H19N3O5. The maximum absolute atomic E-state index is 12.1. The van der Waals surface area contributed by atoms with Gasteiger partial charge in [-0.1, -0.05) is 0 Å². The molecule has 3 N–H and O–H groups in total. The predicted octanol–water partition coefficient (Wildman–Crippen LogP) is -1.54. The number of aromatic nitrogens is 2. The van der Waals surface area contributed by atoms with Gasteiger partial charge in [0.15, 0.2) is 6.23 Å². The molecule has 0 aliphatic carbocycles. The Labute approximate surface area is 121 Å². The van der Waals surface area contributed by atoms with Crippen molar-refractivity contribution in [2.75, 3.05) is 24.6 Å². The Morgan fingerprint density at radius 3 is 2.57 bits per heavy atom. The molecule has 0 amide bonds. The Bertz CT molecular complexity index is 557. The van der Waals surface area contributed by atoms with Crippen molar-refractivity contribution >= 4 is 5.82 Å². The van der Waals surface area contributed by atoms with Crippen molar-refractivity contribution in [1.29, 1.82) is 0 Å². The second-order valence-corrected chi connectivity index (χ2v) is 5.40. The van der Waals surface area contributed by atoms with Crippen molar-refractivity contribution in [2.24, 2.45) is 0 Å². The number of ether oxygens (including phenoxy) is 1. The van der Waals surface area contributed by atoms with Crippen LogP contribution in [0.5, 0.6) is 0 Å². The molecular weight excluding hydrogens is 278 g/mol. The average molecular weight is 297 g/mol. The molecule has 0 aromatic carbocycles.